The van der Waals surface area contributed by atoms with Gasteiger partial charge in [-0.25, -0.2) is 0 Å². The summed E-state index contributed by atoms with van der Waals surface area (Å²) in [6.45, 7) is 2.05. The number of nitrogens with one attached hydrogen (secondary N) is 1. The van der Waals surface area contributed by atoms with Crippen molar-refractivity contribution in [3.8, 4) is 0 Å². The third-order valence-corrected chi connectivity index (χ3v) is 5.59. The van der Waals surface area contributed by atoms with Gasteiger partial charge in [0, 0.05) is 18.3 Å². The second-order valence-electron chi connectivity index (χ2n) is 5.83. The van der Waals surface area contributed by atoms with Gasteiger partial charge in [-0.05, 0) is 41.8 Å². The van der Waals surface area contributed by atoms with E-state index in [-0.39, 0.29) is 11.8 Å². The summed E-state index contributed by atoms with van der Waals surface area (Å²) in [4.78, 5) is 26.6. The summed E-state index contributed by atoms with van der Waals surface area (Å²) in [5.74, 6) is -0.254. The fourth-order valence-electron chi connectivity index (χ4n) is 2.57. The third kappa shape index (κ3) is 3.86. The number of para-hydroxylation sites is 1. The van der Waals surface area contributed by atoms with E-state index in [9.17, 15) is 9.59 Å². The highest BCUT2D eigenvalue weighted by Crippen LogP contribution is 2.31. The number of amides is 2. The van der Waals surface area contributed by atoms with Crippen molar-refractivity contribution in [2.24, 2.45) is 0 Å². The molecule has 2 amide bonds. The van der Waals surface area contributed by atoms with Crippen molar-refractivity contribution in [3.63, 3.8) is 0 Å². The standard InChI is InChI=1S/C20H18N2O2S2/c1-3-14-6-4-5-7-16(14)21-18(23)15-10-8-13(9-11-15)12-17-19(24)22(2)20(25)26-17/h4-12H,3H2,1-2H3,(H,21,23)/b17-12+. The van der Waals surface area contributed by atoms with Gasteiger partial charge in [-0.2, -0.15) is 0 Å². The van der Waals surface area contributed by atoms with E-state index in [1.807, 2.05) is 36.4 Å². The number of thioether (sulfide) groups is 1. The van der Waals surface area contributed by atoms with E-state index < -0.39 is 0 Å². The van der Waals surface area contributed by atoms with Gasteiger partial charge in [0.15, 0.2) is 0 Å². The van der Waals surface area contributed by atoms with Crippen LogP contribution in [0.25, 0.3) is 6.08 Å². The molecule has 0 aromatic heterocycles. The van der Waals surface area contributed by atoms with Crippen LogP contribution >= 0.6 is 24.0 Å². The monoisotopic (exact) mass is 382 g/mol. The lowest BCUT2D eigenvalue weighted by molar-refractivity contribution is -0.121. The van der Waals surface area contributed by atoms with Crippen molar-refractivity contribution in [3.05, 3.63) is 70.1 Å². The molecule has 0 aliphatic carbocycles. The molecule has 0 atom stereocenters. The summed E-state index contributed by atoms with van der Waals surface area (Å²) in [5.41, 5.74) is 3.34. The summed E-state index contributed by atoms with van der Waals surface area (Å²) in [7, 11) is 1.67. The second kappa shape index (κ2) is 7.85. The summed E-state index contributed by atoms with van der Waals surface area (Å²) < 4.78 is 0.548. The van der Waals surface area contributed by atoms with Crippen LogP contribution in [0.15, 0.2) is 53.4 Å². The number of anilines is 1. The average molecular weight is 383 g/mol. The van der Waals surface area contributed by atoms with E-state index in [4.69, 9.17) is 12.2 Å². The van der Waals surface area contributed by atoms with E-state index in [2.05, 4.69) is 12.2 Å². The lowest BCUT2D eigenvalue weighted by Crippen LogP contribution is -2.22. The molecule has 2 aromatic rings. The first-order chi connectivity index (χ1) is 12.5. The summed E-state index contributed by atoms with van der Waals surface area (Å²) >= 11 is 6.41. The van der Waals surface area contributed by atoms with Crippen LogP contribution in [-0.2, 0) is 11.2 Å². The van der Waals surface area contributed by atoms with Crippen molar-refractivity contribution in [1.29, 1.82) is 0 Å². The number of thiocarbonyl (C=S) groups is 1. The van der Waals surface area contributed by atoms with Crippen molar-refractivity contribution in [2.45, 2.75) is 13.3 Å². The normalized spacial score (nSPS) is 15.6. The molecule has 1 heterocycles. The zero-order valence-electron chi connectivity index (χ0n) is 14.5. The van der Waals surface area contributed by atoms with Crippen molar-refractivity contribution in [2.75, 3.05) is 12.4 Å². The number of rotatable bonds is 4. The molecule has 132 valence electrons. The SMILES string of the molecule is CCc1ccccc1NC(=O)c1ccc(/C=C2/SC(=S)N(C)C2=O)cc1. The van der Waals surface area contributed by atoms with Gasteiger partial charge in [-0.3, -0.25) is 14.5 Å². The number of likely N-dealkylation sites (N-methyl/N-ethyl adjacent to an activating group) is 1. The van der Waals surface area contributed by atoms with Crippen molar-refractivity contribution in [1.82, 2.24) is 4.90 Å². The first kappa shape index (κ1) is 18.4. The lowest BCUT2D eigenvalue weighted by atomic mass is 10.1. The Kier molecular flexibility index (Phi) is 5.54. The molecule has 6 heteroatoms. The van der Waals surface area contributed by atoms with Gasteiger partial charge < -0.3 is 5.32 Å². The van der Waals surface area contributed by atoms with Gasteiger partial charge >= 0.3 is 0 Å². The van der Waals surface area contributed by atoms with E-state index >= 15 is 0 Å². The van der Waals surface area contributed by atoms with Crippen LogP contribution < -0.4 is 5.32 Å². The molecule has 1 fully saturated rings. The number of nitrogens with zero attached hydrogens (tertiary/aromatic N) is 1. The molecule has 3 rings (SSSR count). The predicted octanol–water partition coefficient (Wildman–Crippen LogP) is 4.33. The Hall–Kier alpha value is -2.44. The second-order valence-corrected chi connectivity index (χ2v) is 7.50. The van der Waals surface area contributed by atoms with Crippen LogP contribution in [0.5, 0.6) is 0 Å². The molecule has 1 aliphatic heterocycles. The van der Waals surface area contributed by atoms with Gasteiger partial charge in [0.05, 0.1) is 4.91 Å². The lowest BCUT2D eigenvalue weighted by Gasteiger charge is -2.09. The first-order valence-corrected chi connectivity index (χ1v) is 9.43. The first-order valence-electron chi connectivity index (χ1n) is 8.20. The van der Waals surface area contributed by atoms with E-state index in [0.29, 0.717) is 14.8 Å². The zero-order valence-corrected chi connectivity index (χ0v) is 16.1. The fraction of sp³-hybridized carbons (Fsp3) is 0.150. The Morgan fingerprint density at radius 3 is 2.50 bits per heavy atom. The maximum atomic E-state index is 12.5. The van der Waals surface area contributed by atoms with Crippen LogP contribution in [0.3, 0.4) is 0 Å². The average Bonchev–Trinajstić information content (AvgIpc) is 2.89. The van der Waals surface area contributed by atoms with Gasteiger partial charge in [0.25, 0.3) is 11.8 Å². The molecule has 1 aliphatic rings. The molecular weight excluding hydrogens is 364 g/mol. The molecule has 0 radical (unpaired) electrons. The van der Waals surface area contributed by atoms with Crippen LogP contribution in [0.4, 0.5) is 5.69 Å². The molecule has 1 N–H and O–H groups in total. The van der Waals surface area contributed by atoms with E-state index in [1.165, 1.54) is 16.7 Å². The molecule has 1 saturated heterocycles. The van der Waals surface area contributed by atoms with Gasteiger partial charge in [0.1, 0.15) is 4.32 Å². The Balaban J connectivity index is 1.74. The molecule has 4 nitrogen and oxygen atoms in total. The van der Waals surface area contributed by atoms with Crippen LogP contribution in [0, 0.1) is 0 Å². The Labute approximate surface area is 162 Å². The van der Waals surface area contributed by atoms with E-state index in [0.717, 1.165) is 23.2 Å². The number of hydrogen-bond donors (Lipinski definition) is 1. The molecule has 0 saturated carbocycles. The maximum absolute atomic E-state index is 12.5. The minimum atomic E-state index is -0.155. The Bertz CT molecular complexity index is 904. The van der Waals surface area contributed by atoms with Crippen LogP contribution in [-0.4, -0.2) is 28.1 Å². The summed E-state index contributed by atoms with van der Waals surface area (Å²) in [6, 6.07) is 14.9. The molecule has 0 unspecified atom stereocenters. The molecule has 0 spiro atoms. The fourth-order valence-corrected chi connectivity index (χ4v) is 3.75. The summed E-state index contributed by atoms with van der Waals surface area (Å²) in [6.07, 6.45) is 2.64. The third-order valence-electron chi connectivity index (χ3n) is 4.10. The number of carbonyl (C=O) groups excluding carboxylic acids is 2. The highest BCUT2D eigenvalue weighted by Gasteiger charge is 2.28. The smallest absolute Gasteiger partial charge is 0.265 e. The van der Waals surface area contributed by atoms with Gasteiger partial charge in [0.2, 0.25) is 0 Å². The number of carbonyl (C=O) groups is 2. The van der Waals surface area contributed by atoms with E-state index in [1.54, 1.807) is 25.3 Å². The van der Waals surface area contributed by atoms with Crippen LogP contribution in [0.2, 0.25) is 0 Å². The topological polar surface area (TPSA) is 49.4 Å². The highest BCUT2D eigenvalue weighted by atomic mass is 32.2. The Morgan fingerprint density at radius 1 is 1.19 bits per heavy atom. The minimum Gasteiger partial charge on any atom is -0.322 e. The predicted molar refractivity (Wildman–Crippen MR) is 111 cm³/mol. The van der Waals surface area contributed by atoms with Gasteiger partial charge in [-0.1, -0.05) is 61.2 Å². The molecular formula is C20H18N2O2S2. The molecule has 0 bridgehead atoms. The number of hydrogen-bond acceptors (Lipinski definition) is 4. The quantitative estimate of drug-likeness (QED) is 0.632. The summed E-state index contributed by atoms with van der Waals surface area (Å²) in [5, 5.41) is 2.95. The Morgan fingerprint density at radius 2 is 1.88 bits per heavy atom. The molecule has 2 aromatic carbocycles. The largest absolute Gasteiger partial charge is 0.322 e. The number of benzene rings is 2. The number of aryl methyl sites for hydroxylation is 1. The van der Waals surface area contributed by atoms with Crippen molar-refractivity contribution >= 4 is 51.9 Å². The zero-order chi connectivity index (χ0) is 18.7. The minimum absolute atomic E-state index is 0.0991. The molecule has 26 heavy (non-hydrogen) atoms. The van der Waals surface area contributed by atoms with Gasteiger partial charge in [-0.15, -0.1) is 0 Å². The van der Waals surface area contributed by atoms with Crippen molar-refractivity contribution < 1.29 is 9.59 Å². The maximum Gasteiger partial charge on any atom is 0.265 e. The highest BCUT2D eigenvalue weighted by molar-refractivity contribution is 8.26. The van der Waals surface area contributed by atoms with Crippen LogP contribution in [0.1, 0.15) is 28.4 Å².